The molecule has 0 atom stereocenters. The van der Waals surface area contributed by atoms with E-state index in [0.717, 1.165) is 41.2 Å². The van der Waals surface area contributed by atoms with E-state index in [-0.39, 0.29) is 23.9 Å². The molecule has 11 heteroatoms. The number of hydrogen-bond acceptors (Lipinski definition) is 7. The number of benzene rings is 2. The number of nitrogens with one attached hydrogen (secondary N) is 1. The van der Waals surface area contributed by atoms with Gasteiger partial charge in [0.1, 0.15) is 12.1 Å². The number of nitrogens with zero attached hydrogens (tertiary/aromatic N) is 5. The molecule has 42 heavy (non-hydrogen) atoms. The number of alkyl halides is 3. The van der Waals surface area contributed by atoms with Crippen molar-refractivity contribution >= 4 is 17.3 Å². The Balaban J connectivity index is 1.37. The molecule has 0 spiro atoms. The van der Waals surface area contributed by atoms with E-state index in [1.165, 1.54) is 6.33 Å². The molecule has 1 aliphatic rings. The molecule has 0 amide bonds. The quantitative estimate of drug-likeness (QED) is 0.236. The minimum Gasteiger partial charge on any atom is -0.379 e. The van der Waals surface area contributed by atoms with E-state index in [1.807, 2.05) is 56.0 Å². The van der Waals surface area contributed by atoms with Gasteiger partial charge in [-0.25, -0.2) is 9.97 Å². The molecule has 0 aliphatic carbocycles. The van der Waals surface area contributed by atoms with Crippen LogP contribution in [0.4, 0.5) is 24.7 Å². The molecule has 1 saturated heterocycles. The molecule has 0 unspecified atom stereocenters. The summed E-state index contributed by atoms with van der Waals surface area (Å²) < 4.78 is 48.1. The van der Waals surface area contributed by atoms with Crippen LogP contribution in [-0.4, -0.2) is 56.7 Å². The molecule has 3 heterocycles. The number of ether oxygens (including phenoxy) is 1. The van der Waals surface area contributed by atoms with Crippen LogP contribution in [0, 0.1) is 13.8 Å². The lowest BCUT2D eigenvalue weighted by Crippen LogP contribution is -2.50. The predicted octanol–water partition coefficient (Wildman–Crippen LogP) is 5.86. The van der Waals surface area contributed by atoms with Crippen LogP contribution in [0.2, 0.25) is 0 Å². The lowest BCUT2D eigenvalue weighted by atomic mass is 9.97. The number of hydrogen-bond donors (Lipinski definition) is 1. The van der Waals surface area contributed by atoms with Crippen molar-refractivity contribution in [1.29, 1.82) is 0 Å². The highest BCUT2D eigenvalue weighted by Crippen LogP contribution is 2.32. The number of aromatic nitrogens is 4. The number of anilines is 2. The molecule has 0 saturated carbocycles. The molecule has 1 N–H and O–H groups in total. The van der Waals surface area contributed by atoms with E-state index >= 15 is 0 Å². The van der Waals surface area contributed by atoms with Crippen molar-refractivity contribution in [3.8, 4) is 5.82 Å². The second kappa shape index (κ2) is 12.0. The number of methoxy groups -OCH3 is 1. The molecular formula is C31H33F3N6O2. The van der Waals surface area contributed by atoms with Crippen LogP contribution in [-0.2, 0) is 30.3 Å². The zero-order chi connectivity index (χ0) is 30.0. The number of likely N-dealkylation sites (tertiary alicyclic amines) is 1. The molecule has 2 aromatic carbocycles. The van der Waals surface area contributed by atoms with Gasteiger partial charge in [-0.1, -0.05) is 19.1 Å². The summed E-state index contributed by atoms with van der Waals surface area (Å²) in [4.78, 5) is 23.9. The lowest BCUT2D eigenvalue weighted by molar-refractivity contribution is -0.137. The summed E-state index contributed by atoms with van der Waals surface area (Å²) in [6.07, 6.45) is -2.26. The van der Waals surface area contributed by atoms with Gasteiger partial charge in [-0.15, -0.1) is 0 Å². The minimum absolute atomic E-state index is 0.0444. The Morgan fingerprint density at radius 2 is 1.83 bits per heavy atom. The molecule has 1 aliphatic heterocycles. The van der Waals surface area contributed by atoms with Crippen LogP contribution in [0.1, 0.15) is 50.9 Å². The van der Waals surface area contributed by atoms with Crippen LogP contribution in [0.15, 0.2) is 54.9 Å². The largest absolute Gasteiger partial charge is 0.416 e. The Kier molecular flexibility index (Phi) is 8.42. The summed E-state index contributed by atoms with van der Waals surface area (Å²) in [5, 5.41) is 7.97. The predicted molar refractivity (Wildman–Crippen MR) is 153 cm³/mol. The fourth-order valence-corrected chi connectivity index (χ4v) is 4.96. The molecule has 2 aromatic heterocycles. The third-order valence-corrected chi connectivity index (χ3v) is 7.35. The van der Waals surface area contributed by atoms with Crippen molar-refractivity contribution < 1.29 is 22.7 Å². The van der Waals surface area contributed by atoms with Gasteiger partial charge in [-0.05, 0) is 61.2 Å². The number of carbonyl (C=O) groups is 1. The normalized spacial score (nSPS) is 14.2. The minimum atomic E-state index is -4.56. The average molecular weight is 579 g/mol. The molecule has 5 rings (SSSR count). The van der Waals surface area contributed by atoms with Crippen molar-refractivity contribution in [2.45, 2.75) is 52.4 Å². The van der Waals surface area contributed by atoms with Crippen LogP contribution in [0.3, 0.4) is 0 Å². The Morgan fingerprint density at radius 1 is 1.05 bits per heavy atom. The fourth-order valence-electron chi connectivity index (χ4n) is 4.96. The highest BCUT2D eigenvalue weighted by atomic mass is 19.4. The van der Waals surface area contributed by atoms with E-state index in [0.29, 0.717) is 42.4 Å². The number of rotatable bonds is 10. The molecule has 220 valence electrons. The Morgan fingerprint density at radius 3 is 2.55 bits per heavy atom. The molecule has 0 bridgehead atoms. The van der Waals surface area contributed by atoms with Crippen LogP contribution in [0.25, 0.3) is 5.82 Å². The van der Waals surface area contributed by atoms with E-state index in [4.69, 9.17) is 4.74 Å². The first-order valence-electron chi connectivity index (χ1n) is 13.8. The zero-order valence-electron chi connectivity index (χ0n) is 24.0. The van der Waals surface area contributed by atoms with Crippen molar-refractivity contribution in [3.05, 3.63) is 94.1 Å². The first-order chi connectivity index (χ1) is 20.0. The van der Waals surface area contributed by atoms with E-state index in [9.17, 15) is 18.0 Å². The molecule has 4 aromatic rings. The third-order valence-electron chi connectivity index (χ3n) is 7.35. The Hall–Kier alpha value is -4.09. The van der Waals surface area contributed by atoms with Gasteiger partial charge in [0, 0.05) is 62.2 Å². The first kappa shape index (κ1) is 29.4. The van der Waals surface area contributed by atoms with E-state index < -0.39 is 11.7 Å². The first-order valence-corrected chi connectivity index (χ1v) is 13.8. The van der Waals surface area contributed by atoms with Gasteiger partial charge in [0.05, 0.1) is 17.4 Å². The Labute approximate surface area is 242 Å². The fraction of sp³-hybridized carbons (Fsp3) is 0.355. The van der Waals surface area contributed by atoms with Gasteiger partial charge in [0.15, 0.2) is 11.6 Å². The highest BCUT2D eigenvalue weighted by Gasteiger charge is 2.33. The maximum absolute atomic E-state index is 13.7. The topological polar surface area (TPSA) is 85.2 Å². The van der Waals surface area contributed by atoms with Crippen molar-refractivity contribution in [1.82, 2.24) is 24.6 Å². The monoisotopic (exact) mass is 578 g/mol. The third kappa shape index (κ3) is 6.69. The van der Waals surface area contributed by atoms with Crippen molar-refractivity contribution in [2.75, 3.05) is 25.5 Å². The highest BCUT2D eigenvalue weighted by molar-refractivity contribution is 5.98. The SMILES string of the molecule is CCc1cc(-n2nc(C)cc2Nc2cc(CC(=O)c3cc(CN4CC(OC)C4)cc(C(F)(F)F)c3)ccc2C)ncn1. The Bertz CT molecular complexity index is 1590. The summed E-state index contributed by atoms with van der Waals surface area (Å²) in [6, 6.07) is 12.9. The van der Waals surface area contributed by atoms with E-state index in [1.54, 1.807) is 17.9 Å². The summed E-state index contributed by atoms with van der Waals surface area (Å²) in [5.41, 5.74) is 3.71. The average Bonchev–Trinajstić information content (AvgIpc) is 3.31. The summed E-state index contributed by atoms with van der Waals surface area (Å²) in [5.74, 6) is 0.923. The summed E-state index contributed by atoms with van der Waals surface area (Å²) in [6.45, 7) is 7.44. The molecule has 0 radical (unpaired) electrons. The number of carbonyl (C=O) groups excluding carboxylic acids is 1. The second-order valence-electron chi connectivity index (χ2n) is 10.6. The second-order valence-corrected chi connectivity index (χ2v) is 10.6. The van der Waals surface area contributed by atoms with Crippen LogP contribution >= 0.6 is 0 Å². The molecule has 8 nitrogen and oxygen atoms in total. The van der Waals surface area contributed by atoms with Gasteiger partial charge in [-0.3, -0.25) is 9.69 Å². The number of halogens is 3. The maximum Gasteiger partial charge on any atom is 0.416 e. The van der Waals surface area contributed by atoms with Gasteiger partial charge in [-0.2, -0.15) is 23.0 Å². The van der Waals surface area contributed by atoms with Crippen molar-refractivity contribution in [2.24, 2.45) is 0 Å². The number of Topliss-reactive ketones (excluding diaryl/α,β-unsaturated/α-hetero) is 1. The number of ketones is 1. The zero-order valence-corrected chi connectivity index (χ0v) is 24.0. The molecular weight excluding hydrogens is 545 g/mol. The van der Waals surface area contributed by atoms with Gasteiger partial charge < -0.3 is 10.1 Å². The van der Waals surface area contributed by atoms with Crippen molar-refractivity contribution in [3.63, 3.8) is 0 Å². The van der Waals surface area contributed by atoms with Gasteiger partial charge >= 0.3 is 6.18 Å². The smallest absolute Gasteiger partial charge is 0.379 e. The standard InChI is InChI=1S/C31H33F3N6O2/c1-5-25-14-29(36-18-35-25)40-30(8-20(3)38-40)37-27-11-21(7-6-19(27)2)12-28(41)23-9-22(10-24(13-23)31(32,33)34)15-39-16-26(17-39)42-4/h6-11,13-14,18,26,37H,5,12,15-17H2,1-4H3. The number of aryl methyl sites for hydroxylation is 3. The molecule has 1 fully saturated rings. The van der Waals surface area contributed by atoms with Gasteiger partial charge in [0.25, 0.3) is 0 Å². The van der Waals surface area contributed by atoms with E-state index in [2.05, 4.69) is 20.4 Å². The summed E-state index contributed by atoms with van der Waals surface area (Å²) in [7, 11) is 1.62. The van der Waals surface area contributed by atoms with Crippen LogP contribution in [0.5, 0.6) is 0 Å². The maximum atomic E-state index is 13.7. The summed E-state index contributed by atoms with van der Waals surface area (Å²) >= 11 is 0. The lowest BCUT2D eigenvalue weighted by Gasteiger charge is -2.38. The van der Waals surface area contributed by atoms with Crippen LogP contribution < -0.4 is 5.32 Å². The van der Waals surface area contributed by atoms with Gasteiger partial charge in [0.2, 0.25) is 0 Å².